The maximum absolute atomic E-state index is 11.6. The summed E-state index contributed by atoms with van der Waals surface area (Å²) in [6, 6.07) is 4.02. The average molecular weight is 264 g/mol. The minimum absolute atomic E-state index is 0.0582. The summed E-state index contributed by atoms with van der Waals surface area (Å²) in [5.41, 5.74) is 2.19. The minimum atomic E-state index is -0.0582. The van der Waals surface area contributed by atoms with E-state index in [1.54, 1.807) is 6.20 Å². The van der Waals surface area contributed by atoms with Gasteiger partial charge >= 0.3 is 0 Å². The number of aryl methyl sites for hydroxylation is 1. The van der Waals surface area contributed by atoms with E-state index in [1.165, 1.54) is 0 Å². The smallest absolute Gasteiger partial charge is 0.246 e. The van der Waals surface area contributed by atoms with Crippen LogP contribution in [0, 0.1) is 6.92 Å². The van der Waals surface area contributed by atoms with Crippen molar-refractivity contribution < 1.29 is 9.53 Å². The van der Waals surface area contributed by atoms with Crippen molar-refractivity contribution in [2.45, 2.75) is 46.1 Å². The summed E-state index contributed by atoms with van der Waals surface area (Å²) in [5.74, 6) is -0.0582. The zero-order valence-corrected chi connectivity index (χ0v) is 12.1. The van der Waals surface area contributed by atoms with E-state index in [4.69, 9.17) is 4.74 Å². The van der Waals surface area contributed by atoms with Crippen LogP contribution >= 0.6 is 0 Å². The molecule has 0 aromatic carbocycles. The molecule has 1 rings (SSSR count). The Morgan fingerprint density at radius 2 is 2.32 bits per heavy atom. The Morgan fingerprint density at radius 3 is 3.00 bits per heavy atom. The highest BCUT2D eigenvalue weighted by Crippen LogP contribution is 2.06. The molecule has 1 atom stereocenters. The zero-order chi connectivity index (χ0) is 14.1. The van der Waals surface area contributed by atoms with Gasteiger partial charge in [-0.3, -0.25) is 9.78 Å². The molecule has 4 nitrogen and oxygen atoms in total. The van der Waals surface area contributed by atoms with Gasteiger partial charge in [0, 0.05) is 31.0 Å². The number of nitrogens with one attached hydrogen (secondary N) is 1. The highest BCUT2D eigenvalue weighted by molar-refractivity contribution is 5.77. The third-order valence-electron chi connectivity index (χ3n) is 2.90. The number of aromatic nitrogens is 1. The van der Waals surface area contributed by atoms with E-state index in [-0.39, 0.29) is 18.6 Å². The van der Waals surface area contributed by atoms with Gasteiger partial charge in [0.2, 0.25) is 5.91 Å². The summed E-state index contributed by atoms with van der Waals surface area (Å²) in [5, 5.41) is 2.93. The normalized spacial score (nSPS) is 12.2. The maximum atomic E-state index is 11.6. The van der Waals surface area contributed by atoms with Crippen LogP contribution in [-0.4, -0.2) is 30.1 Å². The summed E-state index contributed by atoms with van der Waals surface area (Å²) in [6.45, 7) is 6.91. The Bertz CT molecular complexity index is 393. The molecule has 0 saturated heterocycles. The molecule has 0 aliphatic carbocycles. The second kappa shape index (κ2) is 8.64. The van der Waals surface area contributed by atoms with Crippen LogP contribution < -0.4 is 5.32 Å². The fourth-order valence-electron chi connectivity index (χ4n) is 1.80. The summed E-state index contributed by atoms with van der Waals surface area (Å²) in [7, 11) is 0. The first-order valence-corrected chi connectivity index (χ1v) is 6.91. The number of carbonyl (C=O) groups excluding carboxylic acids is 1. The van der Waals surface area contributed by atoms with Crippen molar-refractivity contribution in [1.29, 1.82) is 0 Å². The number of carbonyl (C=O) groups is 1. The topological polar surface area (TPSA) is 51.2 Å². The Labute approximate surface area is 115 Å². The predicted molar refractivity (Wildman–Crippen MR) is 76.0 cm³/mol. The van der Waals surface area contributed by atoms with Gasteiger partial charge in [-0.05, 0) is 31.9 Å². The first kappa shape index (κ1) is 15.6. The van der Waals surface area contributed by atoms with Crippen molar-refractivity contribution in [3.8, 4) is 0 Å². The van der Waals surface area contributed by atoms with Crippen LogP contribution in [0.4, 0.5) is 0 Å². The number of unbranched alkanes of at least 4 members (excludes halogenated alkanes) is 1. The largest absolute Gasteiger partial charge is 0.372 e. The molecule has 1 unspecified atom stereocenters. The van der Waals surface area contributed by atoms with Crippen molar-refractivity contribution in [2.24, 2.45) is 0 Å². The van der Waals surface area contributed by atoms with E-state index < -0.39 is 0 Å². The second-order valence-electron chi connectivity index (χ2n) is 4.85. The van der Waals surface area contributed by atoms with E-state index in [2.05, 4.69) is 17.2 Å². The molecule has 4 heteroatoms. The monoisotopic (exact) mass is 264 g/mol. The van der Waals surface area contributed by atoms with Crippen LogP contribution in [0.15, 0.2) is 18.3 Å². The molecule has 0 bridgehead atoms. The number of nitrogens with zero attached hydrogens (tertiary/aromatic N) is 1. The third kappa shape index (κ3) is 6.34. The Kier molecular flexibility index (Phi) is 7.11. The Morgan fingerprint density at radius 1 is 1.53 bits per heavy atom. The standard InChI is InChI=1S/C15H24N2O2/c1-4-5-9-19-11-15(18)17-13(3)10-14-12(2)7-6-8-16-14/h6-8,13H,4-5,9-11H2,1-3H3,(H,17,18). The van der Waals surface area contributed by atoms with Gasteiger partial charge in [0.15, 0.2) is 0 Å². The molecule has 0 aliphatic heterocycles. The summed E-state index contributed by atoms with van der Waals surface area (Å²) >= 11 is 0. The highest BCUT2D eigenvalue weighted by atomic mass is 16.5. The van der Waals surface area contributed by atoms with Crippen LogP contribution in [0.3, 0.4) is 0 Å². The second-order valence-corrected chi connectivity index (χ2v) is 4.85. The molecule has 1 aromatic rings. The van der Waals surface area contributed by atoms with Gasteiger partial charge in [0.05, 0.1) is 0 Å². The van der Waals surface area contributed by atoms with Gasteiger partial charge in [-0.2, -0.15) is 0 Å². The third-order valence-corrected chi connectivity index (χ3v) is 2.90. The van der Waals surface area contributed by atoms with E-state index in [1.807, 2.05) is 26.0 Å². The summed E-state index contributed by atoms with van der Waals surface area (Å²) in [4.78, 5) is 16.0. The van der Waals surface area contributed by atoms with Crippen LogP contribution in [0.2, 0.25) is 0 Å². The molecule has 0 saturated carbocycles. The lowest BCUT2D eigenvalue weighted by atomic mass is 10.1. The molecule has 1 amide bonds. The predicted octanol–water partition coefficient (Wildman–Crippen LogP) is 2.25. The van der Waals surface area contributed by atoms with E-state index in [0.717, 1.165) is 30.5 Å². The molecule has 106 valence electrons. The molecule has 1 aromatic heterocycles. The lowest BCUT2D eigenvalue weighted by molar-refractivity contribution is -0.126. The Hall–Kier alpha value is -1.42. The average Bonchev–Trinajstić information content (AvgIpc) is 2.37. The first-order chi connectivity index (χ1) is 9.13. The van der Waals surface area contributed by atoms with Gasteiger partial charge in [-0.15, -0.1) is 0 Å². The van der Waals surface area contributed by atoms with E-state index in [9.17, 15) is 4.79 Å². The lowest BCUT2D eigenvalue weighted by Gasteiger charge is -2.14. The molecule has 0 spiro atoms. The number of amides is 1. The quantitative estimate of drug-likeness (QED) is 0.733. The van der Waals surface area contributed by atoms with Crippen LogP contribution in [0.5, 0.6) is 0 Å². The fraction of sp³-hybridized carbons (Fsp3) is 0.600. The van der Waals surface area contributed by atoms with Gasteiger partial charge in [-0.25, -0.2) is 0 Å². The number of rotatable bonds is 8. The Balaban J connectivity index is 2.29. The van der Waals surface area contributed by atoms with Crippen molar-refractivity contribution in [1.82, 2.24) is 10.3 Å². The number of hydrogen-bond donors (Lipinski definition) is 1. The SMILES string of the molecule is CCCCOCC(=O)NC(C)Cc1ncccc1C. The summed E-state index contributed by atoms with van der Waals surface area (Å²) < 4.78 is 5.28. The highest BCUT2D eigenvalue weighted by Gasteiger charge is 2.10. The molecule has 0 radical (unpaired) electrons. The van der Waals surface area contributed by atoms with Crippen LogP contribution in [-0.2, 0) is 16.0 Å². The fourth-order valence-corrected chi connectivity index (χ4v) is 1.80. The van der Waals surface area contributed by atoms with Gasteiger partial charge < -0.3 is 10.1 Å². The molecular weight excluding hydrogens is 240 g/mol. The molecule has 0 fully saturated rings. The number of hydrogen-bond acceptors (Lipinski definition) is 3. The zero-order valence-electron chi connectivity index (χ0n) is 12.1. The van der Waals surface area contributed by atoms with Crippen molar-refractivity contribution in [2.75, 3.05) is 13.2 Å². The number of pyridine rings is 1. The van der Waals surface area contributed by atoms with Crippen molar-refractivity contribution in [3.05, 3.63) is 29.6 Å². The first-order valence-electron chi connectivity index (χ1n) is 6.91. The van der Waals surface area contributed by atoms with Gasteiger partial charge in [0.1, 0.15) is 6.61 Å². The molecule has 1 heterocycles. The molecule has 19 heavy (non-hydrogen) atoms. The van der Waals surface area contributed by atoms with Gasteiger partial charge in [-0.1, -0.05) is 19.4 Å². The lowest BCUT2D eigenvalue weighted by Crippen LogP contribution is -2.37. The van der Waals surface area contributed by atoms with E-state index in [0.29, 0.717) is 6.61 Å². The molecule has 1 N–H and O–H groups in total. The maximum Gasteiger partial charge on any atom is 0.246 e. The summed E-state index contributed by atoms with van der Waals surface area (Å²) in [6.07, 6.45) is 4.60. The minimum Gasteiger partial charge on any atom is -0.372 e. The van der Waals surface area contributed by atoms with Crippen molar-refractivity contribution >= 4 is 5.91 Å². The van der Waals surface area contributed by atoms with Gasteiger partial charge in [0.25, 0.3) is 0 Å². The number of ether oxygens (including phenoxy) is 1. The van der Waals surface area contributed by atoms with Crippen molar-refractivity contribution in [3.63, 3.8) is 0 Å². The van der Waals surface area contributed by atoms with E-state index >= 15 is 0 Å². The van der Waals surface area contributed by atoms with Crippen LogP contribution in [0.1, 0.15) is 37.9 Å². The molecule has 0 aliphatic rings. The molecular formula is C15H24N2O2. The van der Waals surface area contributed by atoms with Crippen LogP contribution in [0.25, 0.3) is 0 Å².